The van der Waals surface area contributed by atoms with Gasteiger partial charge in [0.2, 0.25) is 0 Å². The van der Waals surface area contributed by atoms with Crippen molar-refractivity contribution in [3.05, 3.63) is 35.4 Å². The lowest BCUT2D eigenvalue weighted by atomic mass is 9.75. The minimum Gasteiger partial charge on any atom is -0.314 e. The quantitative estimate of drug-likeness (QED) is 0.829. The summed E-state index contributed by atoms with van der Waals surface area (Å²) in [6, 6.07) is 4.20. The molecule has 0 spiro atoms. The fourth-order valence-electron chi connectivity index (χ4n) is 2.21. The molecule has 1 N–H and O–H groups in total. The standard InChI is InChI=1S/C13H17F2N/c1-2-5-16-11-6-9(7-11)12-8-10(14)3-4-13(12)15/h3-4,8-9,11,16H,2,5-7H2,1H3. The molecule has 0 aliphatic heterocycles. The first-order valence-corrected chi connectivity index (χ1v) is 5.89. The molecule has 0 aromatic heterocycles. The lowest BCUT2D eigenvalue weighted by molar-refractivity contribution is 0.285. The van der Waals surface area contributed by atoms with Gasteiger partial charge in [0.15, 0.2) is 0 Å². The maximum atomic E-state index is 13.4. The highest BCUT2D eigenvalue weighted by Crippen LogP contribution is 2.38. The summed E-state index contributed by atoms with van der Waals surface area (Å²) < 4.78 is 26.4. The summed E-state index contributed by atoms with van der Waals surface area (Å²) in [7, 11) is 0. The number of rotatable bonds is 4. The van der Waals surface area contributed by atoms with E-state index < -0.39 is 0 Å². The van der Waals surface area contributed by atoms with Crippen molar-refractivity contribution in [2.45, 2.75) is 38.1 Å². The first-order chi connectivity index (χ1) is 7.70. The van der Waals surface area contributed by atoms with E-state index in [-0.39, 0.29) is 17.6 Å². The van der Waals surface area contributed by atoms with Crippen LogP contribution in [0.25, 0.3) is 0 Å². The summed E-state index contributed by atoms with van der Waals surface area (Å²) in [5.41, 5.74) is 0.537. The van der Waals surface area contributed by atoms with Crippen LogP contribution >= 0.6 is 0 Å². The largest absolute Gasteiger partial charge is 0.314 e. The topological polar surface area (TPSA) is 12.0 Å². The lowest BCUT2D eigenvalue weighted by Crippen LogP contribution is -2.40. The molecule has 2 rings (SSSR count). The second kappa shape index (κ2) is 4.91. The van der Waals surface area contributed by atoms with E-state index in [0.717, 1.165) is 25.8 Å². The maximum Gasteiger partial charge on any atom is 0.126 e. The SMILES string of the molecule is CCCNC1CC(c2cc(F)ccc2F)C1. The summed E-state index contributed by atoms with van der Waals surface area (Å²) in [4.78, 5) is 0. The minimum atomic E-state index is -0.346. The lowest BCUT2D eigenvalue weighted by Gasteiger charge is -2.36. The van der Waals surface area contributed by atoms with Crippen LogP contribution in [0.3, 0.4) is 0 Å². The van der Waals surface area contributed by atoms with Crippen LogP contribution in [-0.4, -0.2) is 12.6 Å². The Morgan fingerprint density at radius 2 is 2.06 bits per heavy atom. The molecule has 88 valence electrons. The van der Waals surface area contributed by atoms with Gasteiger partial charge in [-0.2, -0.15) is 0 Å². The minimum absolute atomic E-state index is 0.185. The normalized spacial score (nSPS) is 24.2. The molecular formula is C13H17F2N. The van der Waals surface area contributed by atoms with Crippen LogP contribution < -0.4 is 5.32 Å². The third-order valence-electron chi connectivity index (χ3n) is 3.22. The number of benzene rings is 1. The van der Waals surface area contributed by atoms with Crippen molar-refractivity contribution in [1.82, 2.24) is 5.32 Å². The molecule has 1 aliphatic rings. The summed E-state index contributed by atoms with van der Waals surface area (Å²) in [6.45, 7) is 3.12. The summed E-state index contributed by atoms with van der Waals surface area (Å²) in [6.07, 6.45) is 2.94. The second-order valence-electron chi connectivity index (χ2n) is 4.49. The number of hydrogen-bond acceptors (Lipinski definition) is 1. The van der Waals surface area contributed by atoms with Crippen LogP contribution in [0.5, 0.6) is 0 Å². The van der Waals surface area contributed by atoms with Crippen molar-refractivity contribution in [2.75, 3.05) is 6.54 Å². The van der Waals surface area contributed by atoms with Gasteiger partial charge in [0.25, 0.3) is 0 Å². The average molecular weight is 225 g/mol. The van der Waals surface area contributed by atoms with E-state index in [4.69, 9.17) is 0 Å². The molecule has 0 heterocycles. The van der Waals surface area contributed by atoms with E-state index in [9.17, 15) is 8.78 Å². The van der Waals surface area contributed by atoms with Gasteiger partial charge in [-0.1, -0.05) is 6.92 Å². The van der Waals surface area contributed by atoms with Crippen LogP contribution in [0.2, 0.25) is 0 Å². The van der Waals surface area contributed by atoms with Gasteiger partial charge >= 0.3 is 0 Å². The Morgan fingerprint density at radius 3 is 2.75 bits per heavy atom. The van der Waals surface area contributed by atoms with Crippen molar-refractivity contribution >= 4 is 0 Å². The maximum absolute atomic E-state index is 13.4. The Kier molecular flexibility index (Phi) is 3.54. The summed E-state index contributed by atoms with van der Waals surface area (Å²) >= 11 is 0. The third-order valence-corrected chi connectivity index (χ3v) is 3.22. The van der Waals surface area contributed by atoms with Crippen molar-refractivity contribution in [2.24, 2.45) is 0 Å². The van der Waals surface area contributed by atoms with Crippen LogP contribution in [0.4, 0.5) is 8.78 Å². The molecule has 0 atom stereocenters. The predicted octanol–water partition coefficient (Wildman–Crippen LogP) is 3.21. The molecule has 0 unspecified atom stereocenters. The zero-order chi connectivity index (χ0) is 11.5. The van der Waals surface area contributed by atoms with Crippen LogP contribution in [0, 0.1) is 11.6 Å². The summed E-state index contributed by atoms with van der Waals surface area (Å²) in [5, 5.41) is 3.39. The fourth-order valence-corrected chi connectivity index (χ4v) is 2.21. The number of nitrogens with one attached hydrogen (secondary N) is 1. The van der Waals surface area contributed by atoms with Gasteiger partial charge < -0.3 is 5.32 Å². The van der Waals surface area contributed by atoms with Crippen molar-refractivity contribution in [3.63, 3.8) is 0 Å². The molecule has 1 aromatic carbocycles. The summed E-state index contributed by atoms with van der Waals surface area (Å²) in [5.74, 6) is -0.438. The molecule has 3 heteroatoms. The van der Waals surface area contributed by atoms with E-state index >= 15 is 0 Å². The first kappa shape index (κ1) is 11.5. The van der Waals surface area contributed by atoms with Crippen LogP contribution in [-0.2, 0) is 0 Å². The van der Waals surface area contributed by atoms with Gasteiger partial charge in [0, 0.05) is 6.04 Å². The van der Waals surface area contributed by atoms with E-state index in [2.05, 4.69) is 12.2 Å². The molecule has 1 fully saturated rings. The van der Waals surface area contributed by atoms with Gasteiger partial charge in [-0.25, -0.2) is 8.78 Å². The average Bonchev–Trinajstić information content (AvgIpc) is 2.21. The van der Waals surface area contributed by atoms with Gasteiger partial charge in [-0.05, 0) is 55.5 Å². The Balaban J connectivity index is 1.93. The van der Waals surface area contributed by atoms with Gasteiger partial charge in [-0.15, -0.1) is 0 Å². The Morgan fingerprint density at radius 1 is 1.31 bits per heavy atom. The zero-order valence-corrected chi connectivity index (χ0v) is 9.47. The number of halogens is 2. The van der Waals surface area contributed by atoms with Crippen molar-refractivity contribution in [3.8, 4) is 0 Å². The molecule has 0 bridgehead atoms. The molecule has 0 radical (unpaired) electrons. The predicted molar refractivity (Wildman–Crippen MR) is 60.4 cm³/mol. The highest BCUT2D eigenvalue weighted by Gasteiger charge is 2.31. The van der Waals surface area contributed by atoms with E-state index in [1.807, 2.05) is 0 Å². The monoisotopic (exact) mass is 225 g/mol. The highest BCUT2D eigenvalue weighted by atomic mass is 19.1. The van der Waals surface area contributed by atoms with Crippen LogP contribution in [0.1, 0.15) is 37.7 Å². The molecule has 0 saturated heterocycles. The Hall–Kier alpha value is -0.960. The van der Waals surface area contributed by atoms with E-state index in [1.165, 1.54) is 18.2 Å². The van der Waals surface area contributed by atoms with Crippen molar-refractivity contribution < 1.29 is 8.78 Å². The molecule has 1 saturated carbocycles. The van der Waals surface area contributed by atoms with Crippen LogP contribution in [0.15, 0.2) is 18.2 Å². The molecule has 1 aromatic rings. The second-order valence-corrected chi connectivity index (χ2v) is 4.49. The van der Waals surface area contributed by atoms with Gasteiger partial charge in [0.05, 0.1) is 0 Å². The zero-order valence-electron chi connectivity index (χ0n) is 9.47. The molecule has 1 aliphatic carbocycles. The highest BCUT2D eigenvalue weighted by molar-refractivity contribution is 5.25. The van der Waals surface area contributed by atoms with E-state index in [0.29, 0.717) is 11.6 Å². The Bertz CT molecular complexity index is 359. The number of hydrogen-bond donors (Lipinski definition) is 1. The third kappa shape index (κ3) is 2.40. The molecule has 16 heavy (non-hydrogen) atoms. The molecular weight excluding hydrogens is 208 g/mol. The fraction of sp³-hybridized carbons (Fsp3) is 0.538. The van der Waals surface area contributed by atoms with Gasteiger partial charge in [0.1, 0.15) is 11.6 Å². The molecule has 1 nitrogen and oxygen atoms in total. The van der Waals surface area contributed by atoms with E-state index in [1.54, 1.807) is 0 Å². The van der Waals surface area contributed by atoms with Crippen molar-refractivity contribution in [1.29, 1.82) is 0 Å². The smallest absolute Gasteiger partial charge is 0.126 e. The first-order valence-electron chi connectivity index (χ1n) is 5.89. The van der Waals surface area contributed by atoms with Gasteiger partial charge in [-0.3, -0.25) is 0 Å². The Labute approximate surface area is 94.9 Å². The molecule has 0 amide bonds.